The second-order valence-electron chi connectivity index (χ2n) is 6.45. The van der Waals surface area contributed by atoms with Gasteiger partial charge in [-0.05, 0) is 43.2 Å². The molecule has 0 heterocycles. The lowest BCUT2D eigenvalue weighted by atomic mass is 9.76. The zero-order valence-corrected chi connectivity index (χ0v) is 14.1. The Hall–Kier alpha value is -0.980. The fraction of sp³-hybridized carbons (Fsp3) is 0.533. The molecule has 6 heteroatoms. The summed E-state index contributed by atoms with van der Waals surface area (Å²) in [6.07, 6.45) is 3.86. The summed E-state index contributed by atoms with van der Waals surface area (Å²) in [5, 5.41) is 0. The number of nitrogens with two attached hydrogens (primary N) is 1. The molecular formula is C15H22N2O2S2. The average molecular weight is 326 g/mol. The topological polar surface area (TPSA) is 72.2 Å². The smallest absolute Gasteiger partial charge is 0.240 e. The number of sulfonamides is 1. The quantitative estimate of drug-likeness (QED) is 0.834. The second kappa shape index (κ2) is 6.02. The van der Waals surface area contributed by atoms with Crippen molar-refractivity contribution in [3.63, 3.8) is 0 Å². The van der Waals surface area contributed by atoms with Crippen molar-refractivity contribution in [2.75, 3.05) is 0 Å². The number of benzene rings is 1. The van der Waals surface area contributed by atoms with Crippen LogP contribution in [-0.4, -0.2) is 19.4 Å². The van der Waals surface area contributed by atoms with Gasteiger partial charge in [0, 0.05) is 11.6 Å². The summed E-state index contributed by atoms with van der Waals surface area (Å²) in [5.74, 6) is 0. The first-order valence-electron chi connectivity index (χ1n) is 7.12. The third kappa shape index (κ3) is 4.25. The van der Waals surface area contributed by atoms with E-state index in [0.717, 1.165) is 25.7 Å². The summed E-state index contributed by atoms with van der Waals surface area (Å²) in [7, 11) is -3.47. The molecule has 116 valence electrons. The highest BCUT2D eigenvalue weighted by Gasteiger charge is 2.29. The predicted molar refractivity (Wildman–Crippen MR) is 88.7 cm³/mol. The summed E-state index contributed by atoms with van der Waals surface area (Å²) in [5.41, 5.74) is 6.50. The lowest BCUT2D eigenvalue weighted by Crippen LogP contribution is -2.39. The molecule has 2 rings (SSSR count). The average Bonchev–Trinajstić information content (AvgIpc) is 2.41. The van der Waals surface area contributed by atoms with Crippen molar-refractivity contribution in [2.45, 2.75) is 50.5 Å². The molecule has 1 fully saturated rings. The van der Waals surface area contributed by atoms with Crippen molar-refractivity contribution >= 4 is 27.2 Å². The third-order valence-electron chi connectivity index (χ3n) is 4.11. The van der Waals surface area contributed by atoms with Crippen LogP contribution in [0.3, 0.4) is 0 Å². The van der Waals surface area contributed by atoms with Crippen molar-refractivity contribution in [1.82, 2.24) is 4.72 Å². The Balaban J connectivity index is 2.07. The molecule has 0 amide bonds. The van der Waals surface area contributed by atoms with Crippen LogP contribution in [0.25, 0.3) is 0 Å². The minimum absolute atomic E-state index is 0.0262. The molecular weight excluding hydrogens is 304 g/mol. The molecule has 0 unspecified atom stereocenters. The van der Waals surface area contributed by atoms with Crippen LogP contribution in [0.15, 0.2) is 29.2 Å². The van der Waals surface area contributed by atoms with Gasteiger partial charge >= 0.3 is 0 Å². The van der Waals surface area contributed by atoms with E-state index < -0.39 is 10.0 Å². The van der Waals surface area contributed by atoms with Gasteiger partial charge in [0.2, 0.25) is 10.0 Å². The first kappa shape index (κ1) is 16.4. The molecule has 0 bridgehead atoms. The fourth-order valence-corrected chi connectivity index (χ4v) is 4.04. The van der Waals surface area contributed by atoms with Gasteiger partial charge in [-0.2, -0.15) is 0 Å². The van der Waals surface area contributed by atoms with Crippen molar-refractivity contribution in [1.29, 1.82) is 0 Å². The maximum atomic E-state index is 12.4. The van der Waals surface area contributed by atoms with Gasteiger partial charge in [0.05, 0.1) is 4.90 Å². The maximum Gasteiger partial charge on any atom is 0.240 e. The molecule has 0 saturated heterocycles. The minimum atomic E-state index is -3.47. The Morgan fingerprint density at radius 3 is 2.24 bits per heavy atom. The molecule has 0 aromatic heterocycles. The molecule has 0 spiro atoms. The van der Waals surface area contributed by atoms with Crippen molar-refractivity contribution in [3.05, 3.63) is 29.8 Å². The first-order valence-corrected chi connectivity index (χ1v) is 9.01. The number of nitrogens with one attached hydrogen (secondary N) is 1. The zero-order chi connectivity index (χ0) is 15.7. The number of hydrogen-bond acceptors (Lipinski definition) is 3. The van der Waals surface area contributed by atoms with Crippen LogP contribution in [0.4, 0.5) is 0 Å². The first-order chi connectivity index (χ1) is 9.70. The number of hydrogen-bond donors (Lipinski definition) is 2. The van der Waals surface area contributed by atoms with E-state index in [4.69, 9.17) is 18.0 Å². The summed E-state index contributed by atoms with van der Waals surface area (Å²) < 4.78 is 27.5. The number of thiocarbonyl (C=S) groups is 1. The Kier molecular flexibility index (Phi) is 4.70. The molecule has 1 aliphatic rings. The van der Waals surface area contributed by atoms with Gasteiger partial charge in [-0.3, -0.25) is 0 Å². The minimum Gasteiger partial charge on any atom is -0.389 e. The lowest BCUT2D eigenvalue weighted by molar-refractivity contribution is 0.218. The van der Waals surface area contributed by atoms with Crippen LogP contribution in [0.5, 0.6) is 0 Å². The molecule has 0 radical (unpaired) electrons. The lowest BCUT2D eigenvalue weighted by Gasteiger charge is -2.34. The maximum absolute atomic E-state index is 12.4. The van der Waals surface area contributed by atoms with E-state index >= 15 is 0 Å². The van der Waals surface area contributed by atoms with Gasteiger partial charge in [-0.25, -0.2) is 13.1 Å². The van der Waals surface area contributed by atoms with Crippen molar-refractivity contribution in [2.24, 2.45) is 11.1 Å². The van der Waals surface area contributed by atoms with Crippen LogP contribution in [0.1, 0.15) is 45.1 Å². The Morgan fingerprint density at radius 2 is 1.76 bits per heavy atom. The van der Waals surface area contributed by atoms with Crippen LogP contribution in [0.2, 0.25) is 0 Å². The van der Waals surface area contributed by atoms with E-state index in [2.05, 4.69) is 18.6 Å². The third-order valence-corrected chi connectivity index (χ3v) is 5.88. The summed E-state index contributed by atoms with van der Waals surface area (Å²) in [6.45, 7) is 4.46. The largest absolute Gasteiger partial charge is 0.389 e. The summed E-state index contributed by atoms with van der Waals surface area (Å²) >= 11 is 4.86. The Morgan fingerprint density at radius 1 is 1.24 bits per heavy atom. The standard InChI is InChI=1S/C15H22N2O2S2/c1-15(2)9-7-12(8-10-15)17-21(18,19)13-5-3-11(4-6-13)14(16)20/h3-6,12,17H,7-10H2,1-2H3,(H2,16,20). The molecule has 21 heavy (non-hydrogen) atoms. The fourth-order valence-electron chi connectivity index (χ4n) is 2.60. The summed E-state index contributed by atoms with van der Waals surface area (Å²) in [4.78, 5) is 0.522. The predicted octanol–water partition coefficient (Wildman–Crippen LogP) is 2.57. The van der Waals surface area contributed by atoms with Gasteiger partial charge in [0.25, 0.3) is 0 Å². The van der Waals surface area contributed by atoms with E-state index in [1.54, 1.807) is 24.3 Å². The Bertz CT molecular complexity index is 612. The van der Waals surface area contributed by atoms with E-state index in [0.29, 0.717) is 11.0 Å². The zero-order valence-electron chi connectivity index (χ0n) is 12.4. The SMILES string of the molecule is CC1(C)CCC(NS(=O)(=O)c2ccc(C(N)=S)cc2)CC1. The van der Waals surface area contributed by atoms with Crippen LogP contribution < -0.4 is 10.5 Å². The molecule has 3 N–H and O–H groups in total. The van der Waals surface area contributed by atoms with Gasteiger partial charge in [-0.1, -0.05) is 38.2 Å². The monoisotopic (exact) mass is 326 g/mol. The van der Waals surface area contributed by atoms with Crippen molar-refractivity contribution in [3.8, 4) is 0 Å². The van der Waals surface area contributed by atoms with Crippen LogP contribution in [0, 0.1) is 5.41 Å². The van der Waals surface area contributed by atoms with E-state index in [1.807, 2.05) is 0 Å². The molecule has 1 aliphatic carbocycles. The highest BCUT2D eigenvalue weighted by Crippen LogP contribution is 2.35. The molecule has 0 aliphatic heterocycles. The second-order valence-corrected chi connectivity index (χ2v) is 8.60. The van der Waals surface area contributed by atoms with Crippen LogP contribution in [-0.2, 0) is 10.0 Å². The van der Waals surface area contributed by atoms with Gasteiger partial charge in [0.1, 0.15) is 4.99 Å². The van der Waals surface area contributed by atoms with Gasteiger partial charge < -0.3 is 5.73 Å². The van der Waals surface area contributed by atoms with Gasteiger partial charge in [0.15, 0.2) is 0 Å². The Labute approximate surface area is 132 Å². The van der Waals surface area contributed by atoms with Crippen LogP contribution >= 0.6 is 12.2 Å². The summed E-state index contributed by atoms with van der Waals surface area (Å²) in [6, 6.07) is 6.40. The molecule has 1 saturated carbocycles. The van der Waals surface area contributed by atoms with Gasteiger partial charge in [-0.15, -0.1) is 0 Å². The molecule has 1 aromatic carbocycles. The molecule has 0 atom stereocenters. The highest BCUT2D eigenvalue weighted by atomic mass is 32.2. The van der Waals surface area contributed by atoms with E-state index in [1.165, 1.54) is 0 Å². The molecule has 1 aromatic rings. The number of rotatable bonds is 4. The van der Waals surface area contributed by atoms with E-state index in [-0.39, 0.29) is 15.9 Å². The molecule has 4 nitrogen and oxygen atoms in total. The highest BCUT2D eigenvalue weighted by molar-refractivity contribution is 7.89. The van der Waals surface area contributed by atoms with Crippen molar-refractivity contribution < 1.29 is 8.42 Å². The van der Waals surface area contributed by atoms with E-state index in [9.17, 15) is 8.42 Å². The normalized spacial score (nSPS) is 19.3.